The minimum atomic E-state index is -0.644. The van der Waals surface area contributed by atoms with Crippen LogP contribution in [0.2, 0.25) is 6.32 Å². The third kappa shape index (κ3) is 6.47. The van der Waals surface area contributed by atoms with Crippen molar-refractivity contribution in [3.05, 3.63) is 114 Å². The van der Waals surface area contributed by atoms with Gasteiger partial charge in [0.25, 0.3) is 0 Å². The van der Waals surface area contributed by atoms with Gasteiger partial charge in [0.05, 0.1) is 28.3 Å². The lowest BCUT2D eigenvalue weighted by Crippen LogP contribution is -2.47. The van der Waals surface area contributed by atoms with Crippen molar-refractivity contribution in [2.75, 3.05) is 0 Å². The van der Waals surface area contributed by atoms with Gasteiger partial charge in [-0.2, -0.15) is 0 Å². The average molecular weight is 580 g/mol. The van der Waals surface area contributed by atoms with E-state index in [2.05, 4.69) is 160 Å². The molecule has 0 saturated carbocycles. The molecule has 0 bridgehead atoms. The molecule has 1 unspecified atom stereocenters. The zero-order valence-corrected chi connectivity index (χ0v) is 26.7. The zero-order chi connectivity index (χ0) is 30.7. The molecule has 1 fully saturated rings. The molecule has 1 saturated heterocycles. The van der Waals surface area contributed by atoms with Crippen LogP contribution < -0.4 is 5.32 Å². The van der Waals surface area contributed by atoms with Crippen LogP contribution >= 0.6 is 0 Å². The molecule has 0 aliphatic carbocycles. The van der Waals surface area contributed by atoms with Gasteiger partial charge in [0.15, 0.2) is 5.82 Å². The second-order valence-electron chi connectivity index (χ2n) is 13.6. The molecular weight excluding hydrogens is 533 g/mol. The first-order valence-electron chi connectivity index (χ1n) is 15.5. The summed E-state index contributed by atoms with van der Waals surface area (Å²) in [5.41, 5.74) is 1.90. The van der Waals surface area contributed by atoms with Crippen LogP contribution in [0.3, 0.4) is 0 Å². The Labute approximate surface area is 257 Å². The molecule has 1 atom stereocenters. The van der Waals surface area contributed by atoms with Crippen LogP contribution in [0.5, 0.6) is 0 Å². The largest absolute Gasteiger partial charge is 0.457 e. The predicted octanol–water partition coefficient (Wildman–Crippen LogP) is 7.31. The van der Waals surface area contributed by atoms with Gasteiger partial charge in [-0.3, -0.25) is 5.32 Å². The molecular formula is C35H46BN5O2. The Morgan fingerprint density at radius 3 is 1.65 bits per heavy atom. The number of rotatable bonds is 11. The van der Waals surface area contributed by atoms with E-state index in [9.17, 15) is 0 Å². The standard InChI is InChI=1S/C35H46BN5O2/c1-32(2,3)41-31(38-39-40-41)30(25-17-18-26-36-42-33(4,5)34(6,7)43-36)37-35(27-19-11-8-12-20-27,28-21-13-9-14-22-28)29-23-15-10-16-24-29/h8-16,19-24,30,37H,17-18,25-26H2,1-7H3. The maximum absolute atomic E-state index is 6.29. The first kappa shape index (κ1) is 31.1. The molecule has 2 heterocycles. The number of tetrazole rings is 1. The lowest BCUT2D eigenvalue weighted by Gasteiger charge is -2.40. The zero-order valence-electron chi connectivity index (χ0n) is 26.7. The monoisotopic (exact) mass is 579 g/mol. The molecule has 1 aliphatic rings. The van der Waals surface area contributed by atoms with E-state index in [1.54, 1.807) is 0 Å². The Hall–Kier alpha value is -3.33. The first-order valence-corrected chi connectivity index (χ1v) is 15.5. The van der Waals surface area contributed by atoms with Crippen LogP contribution in [-0.2, 0) is 20.4 Å². The molecule has 1 N–H and O–H groups in total. The Bertz CT molecular complexity index is 1340. The normalized spacial score (nSPS) is 17.2. The van der Waals surface area contributed by atoms with Gasteiger partial charge in [0.1, 0.15) is 0 Å². The van der Waals surface area contributed by atoms with Gasteiger partial charge in [-0.15, -0.1) is 5.10 Å². The number of hydrogen-bond donors (Lipinski definition) is 1. The molecule has 5 rings (SSSR count). The molecule has 7 nitrogen and oxygen atoms in total. The fraction of sp³-hybridized carbons (Fsp3) is 0.457. The number of nitrogens with zero attached hydrogens (tertiary/aromatic N) is 4. The van der Waals surface area contributed by atoms with Crippen LogP contribution in [0, 0.1) is 0 Å². The smallest absolute Gasteiger partial charge is 0.403 e. The molecule has 0 radical (unpaired) electrons. The summed E-state index contributed by atoms with van der Waals surface area (Å²) >= 11 is 0. The summed E-state index contributed by atoms with van der Waals surface area (Å²) in [4.78, 5) is 0. The van der Waals surface area contributed by atoms with E-state index in [4.69, 9.17) is 9.31 Å². The summed E-state index contributed by atoms with van der Waals surface area (Å²) in [5, 5.41) is 17.4. The molecule has 0 spiro atoms. The maximum Gasteiger partial charge on any atom is 0.457 e. The molecule has 226 valence electrons. The Morgan fingerprint density at radius 2 is 1.21 bits per heavy atom. The van der Waals surface area contributed by atoms with E-state index in [1.807, 2.05) is 4.68 Å². The van der Waals surface area contributed by atoms with Crippen LogP contribution in [0.25, 0.3) is 0 Å². The van der Waals surface area contributed by atoms with E-state index in [1.165, 1.54) is 0 Å². The number of aromatic nitrogens is 4. The maximum atomic E-state index is 6.29. The van der Waals surface area contributed by atoms with E-state index < -0.39 is 5.54 Å². The number of nitrogens with one attached hydrogen (secondary N) is 1. The molecule has 43 heavy (non-hydrogen) atoms. The van der Waals surface area contributed by atoms with Crippen molar-refractivity contribution in [1.29, 1.82) is 0 Å². The lowest BCUT2D eigenvalue weighted by molar-refractivity contribution is 0.00578. The van der Waals surface area contributed by atoms with Crippen LogP contribution in [0.4, 0.5) is 0 Å². The van der Waals surface area contributed by atoms with Crippen molar-refractivity contribution >= 4 is 7.12 Å². The lowest BCUT2D eigenvalue weighted by atomic mass is 9.76. The van der Waals surface area contributed by atoms with Gasteiger partial charge in [0.2, 0.25) is 0 Å². The van der Waals surface area contributed by atoms with Crippen molar-refractivity contribution in [2.24, 2.45) is 0 Å². The number of benzene rings is 3. The predicted molar refractivity (Wildman–Crippen MR) is 173 cm³/mol. The van der Waals surface area contributed by atoms with Gasteiger partial charge in [-0.05, 0) is 88.3 Å². The molecule has 4 aromatic rings. The highest BCUT2D eigenvalue weighted by molar-refractivity contribution is 6.45. The SMILES string of the molecule is CC(C)(C)n1nnnc1C(CCCCB1OC(C)(C)C(C)(C)O1)NC(c1ccccc1)(c1ccccc1)c1ccccc1. The summed E-state index contributed by atoms with van der Waals surface area (Å²) in [6.07, 6.45) is 3.59. The Kier molecular flexibility index (Phi) is 8.93. The minimum Gasteiger partial charge on any atom is -0.403 e. The van der Waals surface area contributed by atoms with E-state index in [0.717, 1.165) is 48.1 Å². The van der Waals surface area contributed by atoms with E-state index >= 15 is 0 Å². The van der Waals surface area contributed by atoms with Crippen molar-refractivity contribution in [2.45, 2.75) is 102 Å². The fourth-order valence-corrected chi connectivity index (χ4v) is 5.97. The summed E-state index contributed by atoms with van der Waals surface area (Å²) in [6, 6.07) is 31.9. The third-order valence-corrected chi connectivity index (χ3v) is 8.94. The number of unbranched alkanes of at least 4 members (excludes halogenated alkanes) is 1. The van der Waals surface area contributed by atoms with E-state index in [-0.39, 0.29) is 29.9 Å². The van der Waals surface area contributed by atoms with Gasteiger partial charge in [-0.1, -0.05) is 104 Å². The van der Waals surface area contributed by atoms with Gasteiger partial charge in [-0.25, -0.2) is 4.68 Å². The first-order chi connectivity index (χ1) is 20.4. The topological polar surface area (TPSA) is 74.1 Å². The quantitative estimate of drug-likeness (QED) is 0.114. The van der Waals surface area contributed by atoms with Gasteiger partial charge >= 0.3 is 7.12 Å². The molecule has 3 aromatic carbocycles. The van der Waals surface area contributed by atoms with Gasteiger partial charge < -0.3 is 9.31 Å². The van der Waals surface area contributed by atoms with Crippen LogP contribution in [-0.4, -0.2) is 38.5 Å². The molecule has 0 amide bonds. The second kappa shape index (κ2) is 12.3. The van der Waals surface area contributed by atoms with Gasteiger partial charge in [0, 0.05) is 0 Å². The summed E-state index contributed by atoms with van der Waals surface area (Å²) in [6.45, 7) is 14.8. The Balaban J connectivity index is 1.52. The van der Waals surface area contributed by atoms with Crippen LogP contribution in [0.1, 0.15) is 96.3 Å². The highest BCUT2D eigenvalue weighted by atomic mass is 16.7. The minimum absolute atomic E-state index is 0.145. The van der Waals surface area contributed by atoms with Crippen molar-refractivity contribution in [1.82, 2.24) is 25.5 Å². The van der Waals surface area contributed by atoms with E-state index in [0.29, 0.717) is 0 Å². The second-order valence-corrected chi connectivity index (χ2v) is 13.6. The summed E-state index contributed by atoms with van der Waals surface area (Å²) < 4.78 is 14.5. The van der Waals surface area contributed by atoms with Crippen LogP contribution in [0.15, 0.2) is 91.0 Å². The average Bonchev–Trinajstić information content (AvgIpc) is 3.56. The number of hydrogen-bond acceptors (Lipinski definition) is 6. The third-order valence-electron chi connectivity index (χ3n) is 8.94. The van der Waals surface area contributed by atoms with Crippen molar-refractivity contribution < 1.29 is 9.31 Å². The molecule has 1 aromatic heterocycles. The van der Waals surface area contributed by atoms with Crippen molar-refractivity contribution in [3.63, 3.8) is 0 Å². The highest BCUT2D eigenvalue weighted by Crippen LogP contribution is 2.41. The summed E-state index contributed by atoms with van der Waals surface area (Å²) in [5.74, 6) is 0.829. The highest BCUT2D eigenvalue weighted by Gasteiger charge is 2.50. The molecule has 8 heteroatoms. The Morgan fingerprint density at radius 1 is 0.744 bits per heavy atom. The fourth-order valence-electron chi connectivity index (χ4n) is 5.97. The van der Waals surface area contributed by atoms with Crippen molar-refractivity contribution in [3.8, 4) is 0 Å². The summed E-state index contributed by atoms with van der Waals surface area (Å²) in [7, 11) is -0.201. The molecule has 1 aliphatic heterocycles.